The molecule has 2 aliphatic rings. The molecule has 1 saturated carbocycles. The molecule has 1 saturated heterocycles. The lowest BCUT2D eigenvalue weighted by atomic mass is 10.0. The Morgan fingerprint density at radius 1 is 0.455 bits per heavy atom. The number of hydrogen-bond acceptors (Lipinski definition) is 3. The highest BCUT2D eigenvalue weighted by Crippen LogP contribution is 2.15. The fourth-order valence-corrected chi connectivity index (χ4v) is 5.27. The van der Waals surface area contributed by atoms with E-state index in [-0.39, 0.29) is 0 Å². The molecule has 130 valence electrons. The van der Waals surface area contributed by atoms with E-state index in [9.17, 15) is 4.79 Å². The summed E-state index contributed by atoms with van der Waals surface area (Å²) in [5, 5.41) is 0. The first-order chi connectivity index (χ1) is 10.9. The molecule has 2 rings (SSSR count). The van der Waals surface area contributed by atoms with Crippen LogP contribution >= 0.6 is 23.5 Å². The van der Waals surface area contributed by atoms with Crippen molar-refractivity contribution in [3.63, 3.8) is 0 Å². The zero-order valence-electron chi connectivity index (χ0n) is 14.5. The van der Waals surface area contributed by atoms with Crippen LogP contribution in [0.3, 0.4) is 0 Å². The maximum Gasteiger partial charge on any atom is 0.132 e. The lowest BCUT2D eigenvalue weighted by Gasteiger charge is -2.05. The Labute approximate surface area is 147 Å². The lowest BCUT2D eigenvalue weighted by molar-refractivity contribution is -0.119. The summed E-state index contributed by atoms with van der Waals surface area (Å²) in [7, 11) is 0. The molecule has 0 aromatic carbocycles. The van der Waals surface area contributed by atoms with E-state index in [0.29, 0.717) is 5.78 Å². The van der Waals surface area contributed by atoms with E-state index in [1.54, 1.807) is 0 Å². The zero-order chi connectivity index (χ0) is 15.7. The molecule has 0 unspecified atom stereocenters. The SMILES string of the molecule is C1CSCCS1.O=C1CCCCCCCCCCCCCC1. The second-order valence-corrected chi connectivity index (χ2v) is 8.96. The fourth-order valence-electron chi connectivity index (χ4n) is 2.98. The predicted molar refractivity (Wildman–Crippen MR) is 104 cm³/mol. The largest absolute Gasteiger partial charge is 0.300 e. The molecule has 1 aliphatic heterocycles. The maximum atomic E-state index is 11.5. The van der Waals surface area contributed by atoms with Crippen LogP contribution in [0.2, 0.25) is 0 Å². The molecular formula is C19H36OS2. The average Bonchev–Trinajstić information content (AvgIpc) is 2.57. The summed E-state index contributed by atoms with van der Waals surface area (Å²) in [6.07, 6.45) is 17.6. The summed E-state index contributed by atoms with van der Waals surface area (Å²) in [5.74, 6) is 6.03. The van der Waals surface area contributed by atoms with Crippen LogP contribution in [-0.4, -0.2) is 28.8 Å². The monoisotopic (exact) mass is 344 g/mol. The number of thioether (sulfide) groups is 2. The van der Waals surface area contributed by atoms with Crippen LogP contribution in [0.25, 0.3) is 0 Å². The standard InChI is InChI=1S/C15H28O.C4H8S2/c16-15-13-11-9-7-5-3-1-2-4-6-8-10-12-14-15;1-2-6-4-3-5-1/h1-14H2;1-4H2. The van der Waals surface area contributed by atoms with Crippen molar-refractivity contribution in [2.45, 2.75) is 89.9 Å². The number of rotatable bonds is 0. The molecule has 3 heteroatoms. The summed E-state index contributed by atoms with van der Waals surface area (Å²) >= 11 is 4.15. The molecule has 0 amide bonds. The van der Waals surface area contributed by atoms with Crippen LogP contribution in [0.1, 0.15) is 89.9 Å². The van der Waals surface area contributed by atoms with Crippen molar-refractivity contribution >= 4 is 29.3 Å². The van der Waals surface area contributed by atoms with Gasteiger partial charge in [-0.25, -0.2) is 0 Å². The van der Waals surface area contributed by atoms with E-state index < -0.39 is 0 Å². The lowest BCUT2D eigenvalue weighted by Crippen LogP contribution is -1.97. The highest BCUT2D eigenvalue weighted by Gasteiger charge is 2.02. The highest BCUT2D eigenvalue weighted by molar-refractivity contribution is 8.06. The molecule has 0 spiro atoms. The normalized spacial score (nSPS) is 23.5. The molecule has 1 aliphatic carbocycles. The van der Waals surface area contributed by atoms with Gasteiger partial charge in [-0.15, -0.1) is 0 Å². The Morgan fingerprint density at radius 2 is 0.727 bits per heavy atom. The van der Waals surface area contributed by atoms with E-state index >= 15 is 0 Å². The topological polar surface area (TPSA) is 17.1 Å². The van der Waals surface area contributed by atoms with Gasteiger partial charge in [-0.1, -0.05) is 64.2 Å². The molecule has 1 nitrogen and oxygen atoms in total. The predicted octanol–water partition coefficient (Wildman–Crippen LogP) is 6.50. The van der Waals surface area contributed by atoms with E-state index in [4.69, 9.17) is 0 Å². The third-order valence-electron chi connectivity index (χ3n) is 4.41. The van der Waals surface area contributed by atoms with Gasteiger partial charge in [-0.2, -0.15) is 23.5 Å². The number of ketones is 1. The highest BCUT2D eigenvalue weighted by atomic mass is 32.2. The summed E-state index contributed by atoms with van der Waals surface area (Å²) in [6.45, 7) is 0. The zero-order valence-corrected chi connectivity index (χ0v) is 16.1. The first-order valence-electron chi connectivity index (χ1n) is 9.57. The van der Waals surface area contributed by atoms with E-state index in [2.05, 4.69) is 23.5 Å². The van der Waals surface area contributed by atoms with E-state index in [1.165, 1.54) is 87.2 Å². The van der Waals surface area contributed by atoms with Crippen LogP contribution in [0.5, 0.6) is 0 Å². The van der Waals surface area contributed by atoms with Crippen molar-refractivity contribution in [1.82, 2.24) is 0 Å². The molecule has 0 aromatic rings. The summed E-state index contributed by atoms with van der Waals surface area (Å²) in [6, 6.07) is 0. The Bertz CT molecular complexity index is 222. The summed E-state index contributed by atoms with van der Waals surface area (Å²) in [5.41, 5.74) is 0. The number of hydrogen-bond donors (Lipinski definition) is 0. The van der Waals surface area contributed by atoms with Crippen LogP contribution in [0, 0.1) is 0 Å². The Kier molecular flexibility index (Phi) is 15.1. The molecule has 0 N–H and O–H groups in total. The Morgan fingerprint density at radius 3 is 1.00 bits per heavy atom. The van der Waals surface area contributed by atoms with Crippen LogP contribution in [0.15, 0.2) is 0 Å². The van der Waals surface area contributed by atoms with Gasteiger partial charge in [0, 0.05) is 35.9 Å². The van der Waals surface area contributed by atoms with Crippen LogP contribution in [0.4, 0.5) is 0 Å². The van der Waals surface area contributed by atoms with Gasteiger partial charge in [0.25, 0.3) is 0 Å². The first-order valence-corrected chi connectivity index (χ1v) is 11.9. The van der Waals surface area contributed by atoms with Crippen LogP contribution in [-0.2, 0) is 4.79 Å². The van der Waals surface area contributed by atoms with Gasteiger partial charge in [-0.05, 0) is 12.8 Å². The third kappa shape index (κ3) is 14.0. The quantitative estimate of drug-likeness (QED) is 0.499. The first kappa shape index (κ1) is 20.4. The van der Waals surface area contributed by atoms with Gasteiger partial charge >= 0.3 is 0 Å². The average molecular weight is 345 g/mol. The van der Waals surface area contributed by atoms with Gasteiger partial charge < -0.3 is 0 Å². The minimum Gasteiger partial charge on any atom is -0.300 e. The van der Waals surface area contributed by atoms with Gasteiger partial charge in [0.15, 0.2) is 0 Å². The van der Waals surface area contributed by atoms with Gasteiger partial charge in [0.05, 0.1) is 0 Å². The fraction of sp³-hybridized carbons (Fsp3) is 0.947. The van der Waals surface area contributed by atoms with Crippen LogP contribution < -0.4 is 0 Å². The molecule has 0 bridgehead atoms. The Balaban J connectivity index is 0.000000335. The number of carbonyl (C=O) groups excluding carboxylic acids is 1. The van der Waals surface area contributed by atoms with Gasteiger partial charge in [-0.3, -0.25) is 4.79 Å². The van der Waals surface area contributed by atoms with Crippen molar-refractivity contribution in [2.24, 2.45) is 0 Å². The van der Waals surface area contributed by atoms with Crippen molar-refractivity contribution in [3.05, 3.63) is 0 Å². The molecule has 22 heavy (non-hydrogen) atoms. The number of carbonyl (C=O) groups is 1. The maximum absolute atomic E-state index is 11.5. The third-order valence-corrected chi connectivity index (χ3v) is 6.89. The molecule has 0 aromatic heterocycles. The second kappa shape index (κ2) is 16.2. The van der Waals surface area contributed by atoms with Crippen molar-refractivity contribution in [3.8, 4) is 0 Å². The molecule has 1 heterocycles. The van der Waals surface area contributed by atoms with Crippen molar-refractivity contribution in [1.29, 1.82) is 0 Å². The molecular weight excluding hydrogens is 308 g/mol. The molecule has 0 atom stereocenters. The Hall–Kier alpha value is 0.370. The van der Waals surface area contributed by atoms with Crippen molar-refractivity contribution < 1.29 is 4.79 Å². The minimum absolute atomic E-state index is 0.509. The summed E-state index contributed by atoms with van der Waals surface area (Å²) in [4.78, 5) is 11.5. The van der Waals surface area contributed by atoms with Gasteiger partial charge in [0.2, 0.25) is 0 Å². The smallest absolute Gasteiger partial charge is 0.132 e. The molecule has 0 radical (unpaired) electrons. The number of Topliss-reactive ketones (excluding diaryl/α,β-unsaturated/α-hetero) is 1. The minimum atomic E-state index is 0.509. The van der Waals surface area contributed by atoms with E-state index in [1.807, 2.05) is 0 Å². The van der Waals surface area contributed by atoms with E-state index in [0.717, 1.165) is 25.7 Å². The van der Waals surface area contributed by atoms with Gasteiger partial charge in [0.1, 0.15) is 5.78 Å². The molecule has 2 fully saturated rings. The van der Waals surface area contributed by atoms with Crippen molar-refractivity contribution in [2.75, 3.05) is 23.0 Å². The summed E-state index contributed by atoms with van der Waals surface area (Å²) < 4.78 is 0. The second-order valence-electron chi connectivity index (χ2n) is 6.51.